The van der Waals surface area contributed by atoms with E-state index >= 15 is 0 Å². The molecule has 0 aliphatic rings. The number of hydrogen-bond acceptors (Lipinski definition) is 2. The molecule has 0 aliphatic heterocycles. The van der Waals surface area contributed by atoms with Gasteiger partial charge in [0.05, 0.1) is 17.7 Å². The molecule has 2 aromatic heterocycles. The summed E-state index contributed by atoms with van der Waals surface area (Å²) in [5, 5.41) is 2.40. The summed E-state index contributed by atoms with van der Waals surface area (Å²) in [5.74, 6) is 1.46. The van der Waals surface area contributed by atoms with Crippen LogP contribution < -0.4 is 0 Å². The number of fused-ring (bicyclic) bond motifs is 1. The van der Waals surface area contributed by atoms with Crippen LogP contribution in [-0.4, -0.2) is 9.97 Å². The van der Waals surface area contributed by atoms with Gasteiger partial charge in [0.25, 0.3) is 0 Å². The Morgan fingerprint density at radius 2 is 1.54 bits per heavy atom. The molecular formula is C23H16N2O. The Hall–Kier alpha value is -3.59. The van der Waals surface area contributed by atoms with Gasteiger partial charge in [0, 0.05) is 11.1 Å². The molecule has 0 radical (unpaired) electrons. The number of furan rings is 1. The third-order valence-corrected chi connectivity index (χ3v) is 4.56. The smallest absolute Gasteiger partial charge is 0.174 e. The normalized spacial score (nSPS) is 11.1. The molecule has 0 bridgehead atoms. The minimum atomic E-state index is 0.730. The highest BCUT2D eigenvalue weighted by atomic mass is 16.3. The van der Waals surface area contributed by atoms with Gasteiger partial charge in [0.15, 0.2) is 11.6 Å². The highest BCUT2D eigenvalue weighted by molar-refractivity contribution is 5.99. The summed E-state index contributed by atoms with van der Waals surface area (Å²) in [5.41, 5.74) is 4.13. The van der Waals surface area contributed by atoms with Gasteiger partial charge in [-0.2, -0.15) is 0 Å². The molecule has 0 aliphatic carbocycles. The fourth-order valence-electron chi connectivity index (χ4n) is 3.35. The van der Waals surface area contributed by atoms with E-state index in [1.54, 1.807) is 6.26 Å². The van der Waals surface area contributed by atoms with E-state index in [0.717, 1.165) is 34.1 Å². The van der Waals surface area contributed by atoms with Gasteiger partial charge >= 0.3 is 0 Å². The molecule has 5 rings (SSSR count). The summed E-state index contributed by atoms with van der Waals surface area (Å²) in [6.07, 6.45) is 1.66. The predicted octanol–water partition coefficient (Wildman–Crippen LogP) is 6.16. The van der Waals surface area contributed by atoms with Crippen LogP contribution in [0, 0.1) is 0 Å². The molecule has 124 valence electrons. The van der Waals surface area contributed by atoms with Crippen LogP contribution in [0.3, 0.4) is 0 Å². The molecule has 3 nitrogen and oxygen atoms in total. The Morgan fingerprint density at radius 3 is 2.38 bits per heavy atom. The maximum absolute atomic E-state index is 5.55. The lowest BCUT2D eigenvalue weighted by Crippen LogP contribution is -1.85. The van der Waals surface area contributed by atoms with Crippen molar-refractivity contribution in [2.45, 2.75) is 0 Å². The van der Waals surface area contributed by atoms with Crippen molar-refractivity contribution in [3.05, 3.63) is 91.2 Å². The lowest BCUT2D eigenvalue weighted by Gasteiger charge is -2.07. The minimum absolute atomic E-state index is 0.730. The molecule has 0 spiro atoms. The topological polar surface area (TPSA) is 41.8 Å². The highest BCUT2D eigenvalue weighted by Gasteiger charge is 2.17. The third-order valence-electron chi connectivity index (χ3n) is 4.56. The zero-order valence-corrected chi connectivity index (χ0v) is 14.0. The Labute approximate surface area is 151 Å². The van der Waals surface area contributed by atoms with Crippen molar-refractivity contribution in [1.82, 2.24) is 9.97 Å². The maximum Gasteiger partial charge on any atom is 0.174 e. The van der Waals surface area contributed by atoms with Crippen LogP contribution >= 0.6 is 0 Å². The van der Waals surface area contributed by atoms with Crippen LogP contribution in [0.5, 0.6) is 0 Å². The Bertz CT molecular complexity index is 1170. The highest BCUT2D eigenvalue weighted by Crippen LogP contribution is 2.36. The quantitative estimate of drug-likeness (QED) is 0.429. The second-order valence-electron chi connectivity index (χ2n) is 6.18. The van der Waals surface area contributed by atoms with Gasteiger partial charge in [-0.1, -0.05) is 72.8 Å². The fourth-order valence-corrected chi connectivity index (χ4v) is 3.35. The van der Waals surface area contributed by atoms with Crippen LogP contribution in [0.15, 0.2) is 95.6 Å². The first-order chi connectivity index (χ1) is 12.9. The Morgan fingerprint density at radius 1 is 0.731 bits per heavy atom. The van der Waals surface area contributed by atoms with Gasteiger partial charge in [0.2, 0.25) is 0 Å². The van der Waals surface area contributed by atoms with E-state index in [2.05, 4.69) is 59.6 Å². The standard InChI is InChI=1S/C23H16N2O/c1-2-9-17(10-3-1)21-22(25-23(24-21)20-14-7-15-26-20)19-13-6-11-16-8-4-5-12-18(16)19/h1-15H,(H,24,25). The van der Waals surface area contributed by atoms with Crippen LogP contribution in [0.25, 0.3) is 44.9 Å². The SMILES string of the molecule is c1ccc(-c2nc(-c3ccco3)[nH]c2-c2cccc3ccccc23)cc1. The van der Waals surface area contributed by atoms with Gasteiger partial charge in [-0.05, 0) is 22.9 Å². The first kappa shape index (κ1) is 14.7. The first-order valence-corrected chi connectivity index (χ1v) is 8.57. The predicted molar refractivity (Wildman–Crippen MR) is 105 cm³/mol. The molecule has 0 unspecified atom stereocenters. The van der Waals surface area contributed by atoms with E-state index in [4.69, 9.17) is 9.40 Å². The van der Waals surface area contributed by atoms with Crippen LogP contribution in [0.4, 0.5) is 0 Å². The largest absolute Gasteiger partial charge is 0.461 e. The molecule has 0 amide bonds. The zero-order valence-electron chi connectivity index (χ0n) is 14.0. The van der Waals surface area contributed by atoms with Crippen LogP contribution in [-0.2, 0) is 0 Å². The molecule has 3 aromatic carbocycles. The van der Waals surface area contributed by atoms with Gasteiger partial charge in [-0.25, -0.2) is 4.98 Å². The van der Waals surface area contributed by atoms with Gasteiger partial charge < -0.3 is 9.40 Å². The molecule has 0 atom stereocenters. The van der Waals surface area contributed by atoms with E-state index in [1.165, 1.54) is 10.8 Å². The summed E-state index contributed by atoms with van der Waals surface area (Å²) in [4.78, 5) is 8.34. The van der Waals surface area contributed by atoms with Crippen molar-refractivity contribution in [2.75, 3.05) is 0 Å². The summed E-state index contributed by atoms with van der Waals surface area (Å²) >= 11 is 0. The number of aromatic nitrogens is 2. The molecule has 0 saturated heterocycles. The average Bonchev–Trinajstić information content (AvgIpc) is 3.38. The van der Waals surface area contributed by atoms with Crippen molar-refractivity contribution in [2.24, 2.45) is 0 Å². The van der Waals surface area contributed by atoms with E-state index < -0.39 is 0 Å². The van der Waals surface area contributed by atoms with Gasteiger partial charge in [0.1, 0.15) is 0 Å². The molecule has 5 aromatic rings. The minimum Gasteiger partial charge on any atom is -0.461 e. The summed E-state index contributed by atoms with van der Waals surface area (Å²) < 4.78 is 5.55. The van der Waals surface area contributed by atoms with Gasteiger partial charge in [-0.15, -0.1) is 0 Å². The van der Waals surface area contributed by atoms with Crippen molar-refractivity contribution in [3.63, 3.8) is 0 Å². The van der Waals surface area contributed by atoms with E-state index in [-0.39, 0.29) is 0 Å². The average molecular weight is 336 g/mol. The fraction of sp³-hybridized carbons (Fsp3) is 0. The number of aromatic amines is 1. The number of benzene rings is 3. The molecule has 1 N–H and O–H groups in total. The lowest BCUT2D eigenvalue weighted by molar-refractivity contribution is 0.578. The Balaban J connectivity index is 1.80. The van der Waals surface area contributed by atoms with Crippen molar-refractivity contribution >= 4 is 10.8 Å². The lowest BCUT2D eigenvalue weighted by atomic mass is 9.99. The third kappa shape index (κ3) is 2.42. The maximum atomic E-state index is 5.55. The van der Waals surface area contributed by atoms with Gasteiger partial charge in [-0.3, -0.25) is 0 Å². The number of nitrogens with one attached hydrogen (secondary N) is 1. The number of imidazole rings is 1. The van der Waals surface area contributed by atoms with Crippen LogP contribution in [0.1, 0.15) is 0 Å². The number of H-pyrrole nitrogens is 1. The zero-order chi connectivity index (χ0) is 17.3. The van der Waals surface area contributed by atoms with Crippen molar-refractivity contribution < 1.29 is 4.42 Å². The summed E-state index contributed by atoms with van der Waals surface area (Å²) in [7, 11) is 0. The van der Waals surface area contributed by atoms with E-state index in [0.29, 0.717) is 0 Å². The second kappa shape index (κ2) is 6.05. The second-order valence-corrected chi connectivity index (χ2v) is 6.18. The molecule has 2 heterocycles. The summed E-state index contributed by atoms with van der Waals surface area (Å²) in [6, 6.07) is 28.8. The molecule has 0 fully saturated rings. The molecule has 0 saturated carbocycles. The molecule has 3 heteroatoms. The molecule has 26 heavy (non-hydrogen) atoms. The number of nitrogens with zero attached hydrogens (tertiary/aromatic N) is 1. The number of hydrogen-bond donors (Lipinski definition) is 1. The monoisotopic (exact) mass is 336 g/mol. The first-order valence-electron chi connectivity index (χ1n) is 8.57. The summed E-state index contributed by atoms with van der Waals surface area (Å²) in [6.45, 7) is 0. The van der Waals surface area contributed by atoms with Crippen molar-refractivity contribution in [1.29, 1.82) is 0 Å². The number of rotatable bonds is 3. The van der Waals surface area contributed by atoms with E-state index in [1.807, 2.05) is 30.3 Å². The van der Waals surface area contributed by atoms with Crippen LogP contribution in [0.2, 0.25) is 0 Å². The molecular weight excluding hydrogens is 320 g/mol. The Kier molecular flexibility index (Phi) is 3.42. The van der Waals surface area contributed by atoms with Crippen molar-refractivity contribution in [3.8, 4) is 34.1 Å². The van der Waals surface area contributed by atoms with E-state index in [9.17, 15) is 0 Å².